The maximum Gasteiger partial charge on any atom is 0.406 e. The molecule has 0 aromatic carbocycles. The summed E-state index contributed by atoms with van der Waals surface area (Å²) in [6, 6.07) is -0.197. The van der Waals surface area contributed by atoms with Crippen molar-refractivity contribution < 1.29 is 22.7 Å². The van der Waals surface area contributed by atoms with Gasteiger partial charge in [0.1, 0.15) is 6.54 Å². The standard InChI is InChI=1S/C22H27F3N10O2/c1-13-11-33(3-4-34(13)14(2)36)21-29-16-18(32-5-7-37-8-6-32)30-17(15-9-27-20(26)28-10-15)31-19(16)35(21)12-22(23,24)25/h9-10,13H,3-8,11-12H2,1-2H3,(H2,26,27,28)/t13-/m0/s1. The van der Waals surface area contributed by atoms with E-state index in [4.69, 9.17) is 10.5 Å². The quantitative estimate of drug-likeness (QED) is 0.537. The lowest BCUT2D eigenvalue weighted by atomic mass is 10.2. The minimum atomic E-state index is -4.52. The Hall–Kier alpha value is -3.75. The second-order valence-electron chi connectivity index (χ2n) is 9.09. The minimum absolute atomic E-state index is 0.0530. The summed E-state index contributed by atoms with van der Waals surface area (Å²) in [4.78, 5) is 39.2. The number of halogens is 3. The van der Waals surface area contributed by atoms with E-state index in [0.717, 1.165) is 4.57 Å². The zero-order valence-electron chi connectivity index (χ0n) is 20.4. The Morgan fingerprint density at radius 1 is 1.08 bits per heavy atom. The van der Waals surface area contributed by atoms with Gasteiger partial charge in [-0.3, -0.25) is 9.36 Å². The van der Waals surface area contributed by atoms with Crippen LogP contribution < -0.4 is 15.5 Å². The number of hydrogen-bond donors (Lipinski definition) is 1. The number of aromatic nitrogens is 6. The molecule has 2 saturated heterocycles. The topological polar surface area (TPSA) is 131 Å². The van der Waals surface area contributed by atoms with Crippen molar-refractivity contribution in [2.24, 2.45) is 0 Å². The summed E-state index contributed by atoms with van der Waals surface area (Å²) in [6.07, 6.45) is -1.66. The number of carbonyl (C=O) groups is 1. The van der Waals surface area contributed by atoms with Crippen molar-refractivity contribution in [1.29, 1.82) is 0 Å². The molecule has 0 radical (unpaired) electrons. The highest BCUT2D eigenvalue weighted by molar-refractivity contribution is 5.88. The fourth-order valence-electron chi connectivity index (χ4n) is 4.73. The summed E-state index contributed by atoms with van der Waals surface area (Å²) < 4.78 is 48.1. The minimum Gasteiger partial charge on any atom is -0.378 e. The summed E-state index contributed by atoms with van der Waals surface area (Å²) in [5, 5.41) is 0. The highest BCUT2D eigenvalue weighted by atomic mass is 19.4. The van der Waals surface area contributed by atoms with Gasteiger partial charge in [-0.05, 0) is 6.92 Å². The van der Waals surface area contributed by atoms with Crippen molar-refractivity contribution in [3.05, 3.63) is 12.4 Å². The number of piperazine rings is 1. The average molecular weight is 521 g/mol. The average Bonchev–Trinajstić information content (AvgIpc) is 3.21. The number of fused-ring (bicyclic) bond motifs is 1. The van der Waals surface area contributed by atoms with Gasteiger partial charge < -0.3 is 25.2 Å². The number of rotatable bonds is 4. The Morgan fingerprint density at radius 3 is 2.41 bits per heavy atom. The smallest absolute Gasteiger partial charge is 0.378 e. The third-order valence-corrected chi connectivity index (χ3v) is 6.45. The van der Waals surface area contributed by atoms with Crippen molar-refractivity contribution in [2.45, 2.75) is 32.6 Å². The number of ether oxygens (including phenoxy) is 1. The van der Waals surface area contributed by atoms with Crippen molar-refractivity contribution in [1.82, 2.24) is 34.4 Å². The Morgan fingerprint density at radius 2 is 1.78 bits per heavy atom. The third kappa shape index (κ3) is 5.08. The Balaban J connectivity index is 1.68. The summed E-state index contributed by atoms with van der Waals surface area (Å²) >= 11 is 0. The van der Waals surface area contributed by atoms with E-state index in [2.05, 4.69) is 24.9 Å². The molecule has 1 amide bonds. The van der Waals surface area contributed by atoms with Crippen LogP contribution in [0.25, 0.3) is 22.6 Å². The molecule has 0 spiro atoms. The van der Waals surface area contributed by atoms with Crippen molar-refractivity contribution in [2.75, 3.05) is 61.5 Å². The molecular formula is C22H27F3N10O2. The molecule has 12 nitrogen and oxygen atoms in total. The molecule has 1 atom stereocenters. The molecule has 3 aromatic rings. The largest absolute Gasteiger partial charge is 0.406 e. The van der Waals surface area contributed by atoms with Crippen LogP contribution in [0.5, 0.6) is 0 Å². The Bertz CT molecular complexity index is 1290. The molecule has 5 heterocycles. The maximum atomic E-state index is 13.8. The van der Waals surface area contributed by atoms with Crippen LogP contribution in [0.1, 0.15) is 13.8 Å². The normalized spacial score (nSPS) is 19.1. The maximum absolute atomic E-state index is 13.8. The van der Waals surface area contributed by atoms with Gasteiger partial charge in [0, 0.05) is 58.1 Å². The first-order chi connectivity index (χ1) is 17.6. The molecule has 0 saturated carbocycles. The predicted molar refractivity (Wildman–Crippen MR) is 129 cm³/mol. The van der Waals surface area contributed by atoms with E-state index in [9.17, 15) is 18.0 Å². The molecule has 5 rings (SSSR count). The molecule has 0 aliphatic carbocycles. The lowest BCUT2D eigenvalue weighted by Gasteiger charge is -2.40. The fourth-order valence-corrected chi connectivity index (χ4v) is 4.73. The number of nitrogens with two attached hydrogens (primary N) is 1. The van der Waals surface area contributed by atoms with Crippen LogP contribution in [-0.2, 0) is 16.1 Å². The number of nitrogen functional groups attached to an aromatic ring is 1. The molecule has 2 N–H and O–H groups in total. The van der Waals surface area contributed by atoms with Crippen LogP contribution in [0.15, 0.2) is 12.4 Å². The van der Waals surface area contributed by atoms with Crippen LogP contribution in [0.4, 0.5) is 30.9 Å². The summed E-state index contributed by atoms with van der Waals surface area (Å²) in [5.41, 5.74) is 6.34. The van der Waals surface area contributed by atoms with Gasteiger partial charge in [0.05, 0.1) is 18.8 Å². The van der Waals surface area contributed by atoms with E-state index in [1.807, 2.05) is 11.8 Å². The van der Waals surface area contributed by atoms with Gasteiger partial charge in [-0.25, -0.2) is 24.9 Å². The summed E-state index contributed by atoms with van der Waals surface area (Å²) in [7, 11) is 0. The van der Waals surface area contributed by atoms with Crippen LogP contribution >= 0.6 is 0 Å². The first kappa shape index (κ1) is 24.9. The number of alkyl halides is 3. The zero-order valence-corrected chi connectivity index (χ0v) is 20.4. The number of amides is 1. The molecule has 37 heavy (non-hydrogen) atoms. The molecular weight excluding hydrogens is 493 g/mol. The molecule has 2 aliphatic heterocycles. The number of imidazole rings is 1. The number of morpholine rings is 1. The number of hydrogen-bond acceptors (Lipinski definition) is 10. The Kier molecular flexibility index (Phi) is 6.47. The predicted octanol–water partition coefficient (Wildman–Crippen LogP) is 1.32. The van der Waals surface area contributed by atoms with Gasteiger partial charge >= 0.3 is 6.18 Å². The second-order valence-corrected chi connectivity index (χ2v) is 9.09. The molecule has 15 heteroatoms. The van der Waals surface area contributed by atoms with Gasteiger partial charge in [0.2, 0.25) is 17.8 Å². The van der Waals surface area contributed by atoms with Gasteiger partial charge in [-0.15, -0.1) is 0 Å². The molecule has 198 valence electrons. The van der Waals surface area contributed by atoms with E-state index in [0.29, 0.717) is 57.3 Å². The molecule has 2 aliphatic rings. The molecule has 3 aromatic heterocycles. The van der Waals surface area contributed by atoms with Crippen LogP contribution in [-0.4, -0.2) is 98.4 Å². The molecule has 2 fully saturated rings. The number of carbonyl (C=O) groups excluding carboxylic acids is 1. The van der Waals surface area contributed by atoms with Crippen molar-refractivity contribution >= 4 is 34.8 Å². The van der Waals surface area contributed by atoms with E-state index in [1.54, 1.807) is 9.80 Å². The first-order valence-corrected chi connectivity index (χ1v) is 11.9. The summed E-state index contributed by atoms with van der Waals surface area (Å²) in [6.45, 7) is 5.02. The lowest BCUT2D eigenvalue weighted by Crippen LogP contribution is -2.54. The van der Waals surface area contributed by atoms with E-state index >= 15 is 0 Å². The van der Waals surface area contributed by atoms with Crippen LogP contribution in [0.3, 0.4) is 0 Å². The molecule has 0 bridgehead atoms. The van der Waals surface area contributed by atoms with Crippen molar-refractivity contribution in [3.63, 3.8) is 0 Å². The molecule has 0 unspecified atom stereocenters. The van der Waals surface area contributed by atoms with Gasteiger partial charge in [-0.1, -0.05) is 0 Å². The van der Waals surface area contributed by atoms with E-state index < -0.39 is 12.7 Å². The fraction of sp³-hybridized carbons (Fsp3) is 0.545. The first-order valence-electron chi connectivity index (χ1n) is 11.9. The van der Waals surface area contributed by atoms with Gasteiger partial charge in [-0.2, -0.15) is 13.2 Å². The Labute approximate surface area is 210 Å². The second kappa shape index (κ2) is 9.61. The van der Waals surface area contributed by atoms with Crippen LogP contribution in [0.2, 0.25) is 0 Å². The van der Waals surface area contributed by atoms with E-state index in [1.165, 1.54) is 19.3 Å². The van der Waals surface area contributed by atoms with Crippen molar-refractivity contribution in [3.8, 4) is 11.4 Å². The summed E-state index contributed by atoms with van der Waals surface area (Å²) in [5.74, 6) is 0.696. The zero-order chi connectivity index (χ0) is 26.3. The highest BCUT2D eigenvalue weighted by Crippen LogP contribution is 2.34. The SMILES string of the molecule is CC(=O)N1CCN(c2nc3c(N4CCOCC4)nc(-c4cnc(N)nc4)nc3n2CC(F)(F)F)C[C@@H]1C. The number of anilines is 3. The lowest BCUT2D eigenvalue weighted by molar-refractivity contribution is -0.139. The van der Waals surface area contributed by atoms with Gasteiger partial charge in [0.25, 0.3) is 0 Å². The van der Waals surface area contributed by atoms with Crippen LogP contribution in [0, 0.1) is 0 Å². The monoisotopic (exact) mass is 520 g/mol. The third-order valence-electron chi connectivity index (χ3n) is 6.45. The van der Waals surface area contributed by atoms with Gasteiger partial charge in [0.15, 0.2) is 22.8 Å². The van der Waals surface area contributed by atoms with E-state index in [-0.39, 0.29) is 40.8 Å². The highest BCUT2D eigenvalue weighted by Gasteiger charge is 2.35. The number of nitrogens with zero attached hydrogens (tertiary/aromatic N) is 9.